The molecule has 0 radical (unpaired) electrons. The van der Waals surface area contributed by atoms with Gasteiger partial charge in [-0.25, -0.2) is 0 Å². The fourth-order valence-corrected chi connectivity index (χ4v) is 2.93. The maximum absolute atomic E-state index is 6.04. The van der Waals surface area contributed by atoms with Gasteiger partial charge in [0.05, 0.1) is 21.4 Å². The van der Waals surface area contributed by atoms with E-state index in [1.807, 2.05) is 6.07 Å². The van der Waals surface area contributed by atoms with Crippen LogP contribution in [0.3, 0.4) is 0 Å². The minimum Gasteiger partial charge on any atom is -0.397 e. The van der Waals surface area contributed by atoms with Crippen molar-refractivity contribution in [1.82, 2.24) is 0 Å². The summed E-state index contributed by atoms with van der Waals surface area (Å²) in [7, 11) is 0. The lowest BCUT2D eigenvalue weighted by Gasteiger charge is -2.25. The van der Waals surface area contributed by atoms with Crippen molar-refractivity contribution < 1.29 is 0 Å². The molecule has 0 heterocycles. The first-order chi connectivity index (χ1) is 8.58. The second-order valence-corrected chi connectivity index (χ2v) is 6.03. The van der Waals surface area contributed by atoms with Gasteiger partial charge in [0, 0.05) is 6.04 Å². The summed E-state index contributed by atoms with van der Waals surface area (Å²) in [5, 5.41) is 4.60. The Balaban J connectivity index is 2.14. The number of hydrogen-bond acceptors (Lipinski definition) is 2. The Morgan fingerprint density at radius 2 is 1.78 bits per heavy atom. The van der Waals surface area contributed by atoms with Crippen LogP contribution in [0.2, 0.25) is 10.0 Å². The molecule has 2 unspecified atom stereocenters. The number of benzene rings is 1. The van der Waals surface area contributed by atoms with Gasteiger partial charge in [-0.1, -0.05) is 49.4 Å². The summed E-state index contributed by atoms with van der Waals surface area (Å²) in [4.78, 5) is 0. The molecule has 4 heteroatoms. The molecule has 1 aliphatic rings. The molecule has 0 saturated heterocycles. The van der Waals surface area contributed by atoms with Gasteiger partial charge in [0.25, 0.3) is 0 Å². The molecule has 3 N–H and O–H groups in total. The predicted molar refractivity (Wildman–Crippen MR) is 80.5 cm³/mol. The Morgan fingerprint density at radius 3 is 2.56 bits per heavy atom. The first-order valence-electron chi connectivity index (χ1n) is 6.59. The molecule has 0 bridgehead atoms. The Bertz CT molecular complexity index is 421. The molecule has 1 aliphatic carbocycles. The van der Waals surface area contributed by atoms with E-state index in [1.54, 1.807) is 6.07 Å². The Morgan fingerprint density at radius 1 is 1.11 bits per heavy atom. The molecular weight excluding hydrogens is 267 g/mol. The molecule has 1 saturated carbocycles. The average molecular weight is 287 g/mol. The van der Waals surface area contributed by atoms with Gasteiger partial charge in [-0.05, 0) is 30.9 Å². The van der Waals surface area contributed by atoms with Gasteiger partial charge in [-0.15, -0.1) is 0 Å². The number of nitrogens with one attached hydrogen (secondary N) is 1. The number of hydrogen-bond donors (Lipinski definition) is 2. The first kappa shape index (κ1) is 13.8. The number of halogens is 2. The SMILES string of the molecule is CC1CCCCCC1Nc1cc(Cl)c(Cl)cc1N. The third kappa shape index (κ3) is 3.24. The highest BCUT2D eigenvalue weighted by molar-refractivity contribution is 6.42. The van der Waals surface area contributed by atoms with Crippen molar-refractivity contribution in [1.29, 1.82) is 0 Å². The fraction of sp³-hybridized carbons (Fsp3) is 0.571. The van der Waals surface area contributed by atoms with Crippen LogP contribution in [-0.4, -0.2) is 6.04 Å². The topological polar surface area (TPSA) is 38.0 Å². The monoisotopic (exact) mass is 286 g/mol. The van der Waals surface area contributed by atoms with Gasteiger partial charge in [0.15, 0.2) is 0 Å². The van der Waals surface area contributed by atoms with Crippen LogP contribution in [0.1, 0.15) is 39.0 Å². The summed E-state index contributed by atoms with van der Waals surface area (Å²) in [6, 6.07) is 4.02. The van der Waals surface area contributed by atoms with E-state index >= 15 is 0 Å². The maximum atomic E-state index is 6.04. The molecule has 18 heavy (non-hydrogen) atoms. The summed E-state index contributed by atoms with van der Waals surface area (Å²) < 4.78 is 0. The van der Waals surface area contributed by atoms with E-state index < -0.39 is 0 Å². The Kier molecular flexibility index (Phi) is 4.63. The van der Waals surface area contributed by atoms with Gasteiger partial charge in [0.2, 0.25) is 0 Å². The quantitative estimate of drug-likeness (QED) is 0.596. The van der Waals surface area contributed by atoms with Gasteiger partial charge in [0.1, 0.15) is 0 Å². The lowest BCUT2D eigenvalue weighted by atomic mass is 9.96. The van der Waals surface area contributed by atoms with Crippen molar-refractivity contribution in [2.24, 2.45) is 5.92 Å². The summed E-state index contributed by atoms with van der Waals surface area (Å²) in [5.74, 6) is 0.668. The number of nitrogen functional groups attached to an aromatic ring is 1. The maximum Gasteiger partial charge on any atom is 0.0614 e. The highest BCUT2D eigenvalue weighted by Crippen LogP contribution is 2.33. The fourth-order valence-electron chi connectivity index (χ4n) is 2.59. The molecule has 0 spiro atoms. The van der Waals surface area contributed by atoms with Crippen molar-refractivity contribution in [3.8, 4) is 0 Å². The molecule has 0 aromatic heterocycles. The van der Waals surface area contributed by atoms with E-state index in [0.29, 0.717) is 27.7 Å². The van der Waals surface area contributed by atoms with Crippen molar-refractivity contribution >= 4 is 34.6 Å². The number of anilines is 2. The minimum absolute atomic E-state index is 0.479. The third-order valence-electron chi connectivity index (χ3n) is 3.79. The van der Waals surface area contributed by atoms with Crippen molar-refractivity contribution in [3.63, 3.8) is 0 Å². The lowest BCUT2D eigenvalue weighted by Crippen LogP contribution is -2.26. The summed E-state index contributed by atoms with van der Waals surface area (Å²) in [5.41, 5.74) is 7.56. The van der Waals surface area contributed by atoms with Crippen molar-refractivity contribution in [3.05, 3.63) is 22.2 Å². The minimum atomic E-state index is 0.479. The standard InChI is InChI=1S/C14H20Cl2N2/c1-9-5-3-2-4-6-13(9)18-14-8-11(16)10(15)7-12(14)17/h7-9,13,18H,2-6,17H2,1H3. The summed E-state index contributed by atoms with van der Waals surface area (Å²) >= 11 is 12.0. The molecule has 0 amide bonds. The van der Waals surface area contributed by atoms with Gasteiger partial charge in [-0.3, -0.25) is 0 Å². The predicted octanol–water partition coefficient (Wildman–Crippen LogP) is 4.96. The molecule has 100 valence electrons. The summed E-state index contributed by atoms with van der Waals surface area (Å²) in [6.45, 7) is 2.30. The zero-order valence-corrected chi connectivity index (χ0v) is 12.2. The van der Waals surface area contributed by atoms with Gasteiger partial charge >= 0.3 is 0 Å². The van der Waals surface area contributed by atoms with Crippen LogP contribution < -0.4 is 11.1 Å². The van der Waals surface area contributed by atoms with E-state index in [-0.39, 0.29) is 0 Å². The highest BCUT2D eigenvalue weighted by atomic mass is 35.5. The van der Waals surface area contributed by atoms with Crippen LogP contribution >= 0.6 is 23.2 Å². The number of rotatable bonds is 2. The van der Waals surface area contributed by atoms with Crippen LogP contribution in [0.4, 0.5) is 11.4 Å². The Labute approximate surface area is 119 Å². The largest absolute Gasteiger partial charge is 0.397 e. The van der Waals surface area contributed by atoms with E-state index in [9.17, 15) is 0 Å². The summed E-state index contributed by atoms with van der Waals surface area (Å²) in [6.07, 6.45) is 6.42. The second-order valence-electron chi connectivity index (χ2n) is 5.22. The third-order valence-corrected chi connectivity index (χ3v) is 4.52. The van der Waals surface area contributed by atoms with E-state index in [0.717, 1.165) is 5.69 Å². The Hall–Kier alpha value is -0.600. The van der Waals surface area contributed by atoms with E-state index in [4.69, 9.17) is 28.9 Å². The molecule has 1 aromatic carbocycles. The smallest absolute Gasteiger partial charge is 0.0614 e. The first-order valence-corrected chi connectivity index (χ1v) is 7.34. The zero-order chi connectivity index (χ0) is 13.1. The van der Waals surface area contributed by atoms with Crippen molar-refractivity contribution in [2.45, 2.75) is 45.1 Å². The van der Waals surface area contributed by atoms with Crippen LogP contribution in [0, 0.1) is 5.92 Å². The van der Waals surface area contributed by atoms with Crippen molar-refractivity contribution in [2.75, 3.05) is 11.1 Å². The van der Waals surface area contributed by atoms with Crippen LogP contribution in [-0.2, 0) is 0 Å². The molecule has 2 rings (SSSR count). The molecule has 1 aromatic rings. The average Bonchev–Trinajstić information content (AvgIpc) is 2.52. The van der Waals surface area contributed by atoms with Gasteiger partial charge < -0.3 is 11.1 Å². The lowest BCUT2D eigenvalue weighted by molar-refractivity contribution is 0.457. The number of nitrogens with two attached hydrogens (primary N) is 1. The van der Waals surface area contributed by atoms with Crippen LogP contribution in [0.15, 0.2) is 12.1 Å². The zero-order valence-electron chi connectivity index (χ0n) is 10.7. The molecular formula is C14H20Cl2N2. The van der Waals surface area contributed by atoms with Crippen LogP contribution in [0.25, 0.3) is 0 Å². The highest BCUT2D eigenvalue weighted by Gasteiger charge is 2.20. The van der Waals surface area contributed by atoms with E-state index in [2.05, 4.69) is 12.2 Å². The van der Waals surface area contributed by atoms with E-state index in [1.165, 1.54) is 32.1 Å². The molecule has 2 nitrogen and oxygen atoms in total. The molecule has 1 fully saturated rings. The normalized spacial score (nSPS) is 24.6. The molecule has 2 atom stereocenters. The van der Waals surface area contributed by atoms with Gasteiger partial charge in [-0.2, -0.15) is 0 Å². The second kappa shape index (κ2) is 6.03. The molecule has 0 aliphatic heterocycles. The van der Waals surface area contributed by atoms with Crippen LogP contribution in [0.5, 0.6) is 0 Å².